The molecule has 0 atom stereocenters. The molecule has 0 saturated carbocycles. The van der Waals surface area contributed by atoms with Gasteiger partial charge in [0.2, 0.25) is 10.0 Å². The Morgan fingerprint density at radius 2 is 1.67 bits per heavy atom. The minimum absolute atomic E-state index is 0.168. The van der Waals surface area contributed by atoms with Gasteiger partial charge in [0.05, 0.1) is 10.4 Å². The van der Waals surface area contributed by atoms with Gasteiger partial charge in [-0.25, -0.2) is 8.42 Å². The molecule has 2 aliphatic rings. The maximum atomic E-state index is 13.2. The van der Waals surface area contributed by atoms with E-state index in [2.05, 4.69) is 10.2 Å². The van der Waals surface area contributed by atoms with Crippen molar-refractivity contribution in [3.63, 3.8) is 0 Å². The number of para-hydroxylation sites is 1. The molecule has 0 bridgehead atoms. The van der Waals surface area contributed by atoms with Gasteiger partial charge in [0.15, 0.2) is 5.69 Å². The average molecular weight is 425 g/mol. The fourth-order valence-corrected chi connectivity index (χ4v) is 5.90. The Morgan fingerprint density at radius 1 is 0.933 bits per heavy atom. The van der Waals surface area contributed by atoms with Crippen LogP contribution in [0.5, 0.6) is 0 Å². The van der Waals surface area contributed by atoms with Crippen molar-refractivity contribution in [3.8, 4) is 0 Å². The van der Waals surface area contributed by atoms with E-state index in [-0.39, 0.29) is 19.0 Å². The van der Waals surface area contributed by atoms with Gasteiger partial charge in [0, 0.05) is 31.6 Å². The molecule has 3 aromatic rings. The van der Waals surface area contributed by atoms with Crippen molar-refractivity contribution in [2.45, 2.75) is 30.6 Å². The number of aryl methyl sites for hydroxylation is 2. The summed E-state index contributed by atoms with van der Waals surface area (Å²) in [6.45, 7) is 1.27. The number of aromatic amines is 1. The molecule has 1 aromatic heterocycles. The number of rotatable bonds is 3. The van der Waals surface area contributed by atoms with E-state index >= 15 is 0 Å². The summed E-state index contributed by atoms with van der Waals surface area (Å²) in [5.74, 6) is -0.168. The molecule has 1 fully saturated rings. The molecule has 8 heteroatoms. The lowest BCUT2D eigenvalue weighted by atomic mass is 9.92. The van der Waals surface area contributed by atoms with E-state index in [1.54, 1.807) is 11.0 Å². The second-order valence-electron chi connectivity index (χ2n) is 7.95. The van der Waals surface area contributed by atoms with Crippen molar-refractivity contribution >= 4 is 26.8 Å². The van der Waals surface area contributed by atoms with E-state index < -0.39 is 10.0 Å². The molecular weight excluding hydrogens is 400 g/mol. The van der Waals surface area contributed by atoms with Crippen LogP contribution in [0, 0.1) is 0 Å². The molecule has 1 saturated heterocycles. The normalized spacial score (nSPS) is 17.8. The maximum Gasteiger partial charge on any atom is 0.275 e. The number of nitrogens with one attached hydrogen (secondary N) is 1. The Morgan fingerprint density at radius 3 is 2.47 bits per heavy atom. The van der Waals surface area contributed by atoms with Crippen LogP contribution in [-0.4, -0.2) is 59.9 Å². The lowest BCUT2D eigenvalue weighted by Crippen LogP contribution is -2.50. The van der Waals surface area contributed by atoms with Crippen LogP contribution in [0.25, 0.3) is 10.9 Å². The first kappa shape index (κ1) is 19.3. The summed E-state index contributed by atoms with van der Waals surface area (Å²) < 4.78 is 27.8. The fraction of sp³-hybridized carbons (Fsp3) is 0.364. The second-order valence-corrected chi connectivity index (χ2v) is 9.89. The van der Waals surface area contributed by atoms with Gasteiger partial charge in [-0.2, -0.15) is 9.40 Å². The van der Waals surface area contributed by atoms with Gasteiger partial charge in [0.1, 0.15) is 0 Å². The summed E-state index contributed by atoms with van der Waals surface area (Å²) in [6, 6.07) is 13.0. The number of fused-ring (bicyclic) bond motifs is 2. The number of benzene rings is 2. The largest absolute Gasteiger partial charge is 0.335 e. The first-order chi connectivity index (χ1) is 14.5. The third kappa shape index (κ3) is 3.30. The van der Waals surface area contributed by atoms with E-state index in [1.807, 2.05) is 36.4 Å². The van der Waals surface area contributed by atoms with Gasteiger partial charge in [-0.05, 0) is 55.0 Å². The third-order valence-electron chi connectivity index (χ3n) is 6.16. The minimum Gasteiger partial charge on any atom is -0.335 e. The number of carbonyl (C=O) groups excluding carboxylic acids is 1. The number of carbonyl (C=O) groups is 1. The average Bonchev–Trinajstić information content (AvgIpc) is 3.22. The smallest absolute Gasteiger partial charge is 0.275 e. The lowest BCUT2D eigenvalue weighted by molar-refractivity contribution is 0.0694. The van der Waals surface area contributed by atoms with Crippen LogP contribution in [-0.2, 0) is 22.9 Å². The zero-order chi connectivity index (χ0) is 20.7. The van der Waals surface area contributed by atoms with Crippen molar-refractivity contribution in [1.82, 2.24) is 19.4 Å². The first-order valence-corrected chi connectivity index (χ1v) is 11.8. The summed E-state index contributed by atoms with van der Waals surface area (Å²) in [4.78, 5) is 15.0. The zero-order valence-corrected chi connectivity index (χ0v) is 17.5. The number of sulfonamides is 1. The van der Waals surface area contributed by atoms with E-state index in [9.17, 15) is 13.2 Å². The number of amides is 1. The first-order valence-electron chi connectivity index (χ1n) is 10.4. The number of hydrogen-bond donors (Lipinski definition) is 1. The zero-order valence-electron chi connectivity index (χ0n) is 16.7. The number of aromatic nitrogens is 2. The van der Waals surface area contributed by atoms with E-state index in [1.165, 1.54) is 16.3 Å². The molecule has 1 N–H and O–H groups in total. The Balaban J connectivity index is 1.31. The second kappa shape index (κ2) is 7.52. The van der Waals surface area contributed by atoms with Gasteiger partial charge >= 0.3 is 0 Å². The van der Waals surface area contributed by atoms with Crippen molar-refractivity contribution in [2.75, 3.05) is 26.2 Å². The van der Waals surface area contributed by atoms with Crippen LogP contribution in [0.2, 0.25) is 0 Å². The Labute approximate surface area is 175 Å². The van der Waals surface area contributed by atoms with Crippen LogP contribution in [0.4, 0.5) is 0 Å². The topological polar surface area (TPSA) is 86.4 Å². The molecule has 0 radical (unpaired) electrons. The maximum absolute atomic E-state index is 13.2. The van der Waals surface area contributed by atoms with Gasteiger partial charge in [-0.3, -0.25) is 9.89 Å². The van der Waals surface area contributed by atoms with Crippen molar-refractivity contribution in [1.29, 1.82) is 0 Å². The van der Waals surface area contributed by atoms with Crippen LogP contribution in [0.3, 0.4) is 0 Å². The molecule has 7 nitrogen and oxygen atoms in total. The molecule has 2 aromatic carbocycles. The summed E-state index contributed by atoms with van der Waals surface area (Å²) in [6.07, 6.45) is 4.25. The van der Waals surface area contributed by atoms with Crippen LogP contribution >= 0.6 is 0 Å². The highest BCUT2D eigenvalue weighted by atomic mass is 32.2. The monoisotopic (exact) mass is 424 g/mol. The van der Waals surface area contributed by atoms with Crippen molar-refractivity contribution in [3.05, 3.63) is 59.3 Å². The lowest BCUT2D eigenvalue weighted by Gasteiger charge is -2.33. The molecule has 30 heavy (non-hydrogen) atoms. The predicted molar refractivity (Wildman–Crippen MR) is 114 cm³/mol. The summed E-state index contributed by atoms with van der Waals surface area (Å²) in [7, 11) is -3.56. The molecule has 156 valence electrons. The minimum atomic E-state index is -3.56. The fourth-order valence-electron chi connectivity index (χ4n) is 4.43. The van der Waals surface area contributed by atoms with E-state index in [0.29, 0.717) is 23.7 Å². The van der Waals surface area contributed by atoms with E-state index in [4.69, 9.17) is 0 Å². The van der Waals surface area contributed by atoms with Crippen LogP contribution < -0.4 is 0 Å². The Kier molecular flexibility index (Phi) is 4.83. The number of hydrogen-bond acceptors (Lipinski definition) is 4. The molecule has 0 spiro atoms. The molecule has 1 amide bonds. The van der Waals surface area contributed by atoms with Gasteiger partial charge in [-0.1, -0.05) is 24.3 Å². The standard InChI is InChI=1S/C22H24N4O3S/c27-22(21-19-7-3-4-8-20(19)23-24-21)25-11-13-26(14-12-25)30(28,29)18-10-9-16-5-1-2-6-17(16)15-18/h3-4,7-10,15H,1-2,5-6,11-14H2,(H,23,24). The SMILES string of the molecule is O=C(c1n[nH]c2ccccc12)N1CCN(S(=O)(=O)c2ccc3c(c2)CCCC3)CC1. The van der Waals surface area contributed by atoms with Crippen molar-refractivity contribution < 1.29 is 13.2 Å². The molecule has 0 unspecified atom stereocenters. The van der Waals surface area contributed by atoms with Gasteiger partial charge in [0.25, 0.3) is 5.91 Å². The Hall–Kier alpha value is -2.71. The van der Waals surface area contributed by atoms with Gasteiger partial charge in [-0.15, -0.1) is 0 Å². The molecule has 1 aliphatic carbocycles. The third-order valence-corrected chi connectivity index (χ3v) is 8.05. The predicted octanol–water partition coefficient (Wildman–Crippen LogP) is 2.59. The molecular formula is C22H24N4O3S. The van der Waals surface area contributed by atoms with Crippen LogP contribution in [0.15, 0.2) is 47.4 Å². The highest BCUT2D eigenvalue weighted by Gasteiger charge is 2.32. The summed E-state index contributed by atoms with van der Waals surface area (Å²) >= 11 is 0. The van der Waals surface area contributed by atoms with Crippen LogP contribution in [0.1, 0.15) is 34.5 Å². The number of H-pyrrole nitrogens is 1. The molecule has 5 rings (SSSR count). The number of nitrogens with zero attached hydrogens (tertiary/aromatic N) is 3. The summed E-state index contributed by atoms with van der Waals surface area (Å²) in [5, 5.41) is 7.85. The highest BCUT2D eigenvalue weighted by molar-refractivity contribution is 7.89. The van der Waals surface area contributed by atoms with Crippen molar-refractivity contribution in [2.24, 2.45) is 0 Å². The summed E-state index contributed by atoms with van der Waals surface area (Å²) in [5.41, 5.74) is 3.62. The van der Waals surface area contributed by atoms with E-state index in [0.717, 1.165) is 35.7 Å². The Bertz CT molecular complexity index is 1210. The molecule has 2 heterocycles. The highest BCUT2D eigenvalue weighted by Crippen LogP contribution is 2.26. The van der Waals surface area contributed by atoms with Gasteiger partial charge < -0.3 is 4.90 Å². The quantitative estimate of drug-likeness (QED) is 0.700. The number of piperazine rings is 1. The molecule has 1 aliphatic heterocycles.